The molecule has 0 aliphatic carbocycles. The van der Waals surface area contributed by atoms with Crippen molar-refractivity contribution in [2.45, 2.75) is 26.2 Å². The van der Waals surface area contributed by atoms with Crippen LogP contribution < -0.4 is 10.1 Å². The minimum atomic E-state index is -0.220. The van der Waals surface area contributed by atoms with Crippen LogP contribution in [-0.4, -0.2) is 17.5 Å². The maximum atomic E-state index is 11.7. The van der Waals surface area contributed by atoms with Crippen LogP contribution in [0.4, 0.5) is 5.13 Å². The molecule has 1 heterocycles. The first-order valence-corrected chi connectivity index (χ1v) is 8.39. The molecule has 2 aromatic rings. The minimum Gasteiger partial charge on any atom is -0.483 e. The highest BCUT2D eigenvalue weighted by Gasteiger charge is 2.10. The first-order valence-electron chi connectivity index (χ1n) is 6.71. The van der Waals surface area contributed by atoms with Gasteiger partial charge < -0.3 is 4.74 Å². The van der Waals surface area contributed by atoms with Gasteiger partial charge in [-0.05, 0) is 46.0 Å². The third-order valence-electron chi connectivity index (χ3n) is 3.17. The summed E-state index contributed by atoms with van der Waals surface area (Å²) in [5.74, 6) is 0.947. The van der Waals surface area contributed by atoms with E-state index in [1.165, 1.54) is 16.9 Å². The van der Waals surface area contributed by atoms with Gasteiger partial charge in [-0.1, -0.05) is 19.9 Å². The van der Waals surface area contributed by atoms with Crippen LogP contribution in [0.3, 0.4) is 0 Å². The van der Waals surface area contributed by atoms with Gasteiger partial charge in [-0.2, -0.15) is 0 Å². The molecule has 0 bridgehead atoms. The minimum absolute atomic E-state index is 0.0408. The van der Waals surface area contributed by atoms with E-state index in [0.29, 0.717) is 16.8 Å². The fraction of sp³-hybridized carbons (Fsp3) is 0.333. The third kappa shape index (κ3) is 4.54. The van der Waals surface area contributed by atoms with Crippen molar-refractivity contribution in [1.29, 1.82) is 0 Å². The van der Waals surface area contributed by atoms with Gasteiger partial charge in [0.1, 0.15) is 5.75 Å². The van der Waals surface area contributed by atoms with Crippen molar-refractivity contribution in [3.8, 4) is 5.75 Å². The Morgan fingerprint density at radius 1 is 1.52 bits per heavy atom. The molecule has 6 heteroatoms. The molecule has 0 radical (unpaired) electrons. The number of anilines is 1. The monoisotopic (exact) mass is 368 g/mol. The zero-order chi connectivity index (χ0) is 15.2. The Morgan fingerprint density at radius 2 is 2.33 bits per heavy atom. The highest BCUT2D eigenvalue weighted by Crippen LogP contribution is 2.30. The molecule has 1 aromatic carbocycles. The van der Waals surface area contributed by atoms with Crippen LogP contribution in [0.15, 0.2) is 34.2 Å². The maximum absolute atomic E-state index is 11.7. The second-order valence-electron chi connectivity index (χ2n) is 4.67. The summed E-state index contributed by atoms with van der Waals surface area (Å²) >= 11 is 4.86. The molecule has 0 aliphatic rings. The summed E-state index contributed by atoms with van der Waals surface area (Å²) in [5.41, 5.74) is 1.25. The van der Waals surface area contributed by atoms with Crippen molar-refractivity contribution in [3.05, 3.63) is 39.8 Å². The van der Waals surface area contributed by atoms with E-state index in [4.69, 9.17) is 4.74 Å². The molecule has 2 rings (SSSR count). The van der Waals surface area contributed by atoms with Crippen LogP contribution in [0.5, 0.6) is 5.75 Å². The number of nitrogens with one attached hydrogen (secondary N) is 1. The number of hydrogen-bond acceptors (Lipinski definition) is 4. The van der Waals surface area contributed by atoms with Crippen molar-refractivity contribution in [1.82, 2.24) is 4.98 Å². The van der Waals surface area contributed by atoms with Crippen molar-refractivity contribution >= 4 is 38.3 Å². The van der Waals surface area contributed by atoms with E-state index in [0.717, 1.165) is 10.9 Å². The van der Waals surface area contributed by atoms with Crippen LogP contribution in [0, 0.1) is 0 Å². The van der Waals surface area contributed by atoms with E-state index in [1.807, 2.05) is 18.2 Å². The summed E-state index contributed by atoms with van der Waals surface area (Å²) in [7, 11) is 0. The van der Waals surface area contributed by atoms with Gasteiger partial charge >= 0.3 is 0 Å². The SMILES string of the molecule is CCC(C)c1ccc(OCC(=O)Nc2nccs2)c(Br)c1. The van der Waals surface area contributed by atoms with Crippen LogP contribution in [0.1, 0.15) is 31.7 Å². The number of nitrogens with zero attached hydrogens (tertiary/aromatic N) is 1. The Bertz CT molecular complexity index is 602. The fourth-order valence-corrected chi connectivity index (χ4v) is 2.82. The molecule has 1 amide bonds. The predicted molar refractivity (Wildman–Crippen MR) is 89.1 cm³/mol. The van der Waals surface area contributed by atoms with Crippen molar-refractivity contribution < 1.29 is 9.53 Å². The molecule has 1 unspecified atom stereocenters. The lowest BCUT2D eigenvalue weighted by Crippen LogP contribution is -2.20. The molecular weight excluding hydrogens is 352 g/mol. The van der Waals surface area contributed by atoms with E-state index < -0.39 is 0 Å². The van der Waals surface area contributed by atoms with Gasteiger partial charge in [-0.25, -0.2) is 4.98 Å². The number of hydrogen-bond donors (Lipinski definition) is 1. The molecule has 1 N–H and O–H groups in total. The first kappa shape index (κ1) is 16.0. The first-order chi connectivity index (χ1) is 10.1. The number of thiazole rings is 1. The number of halogens is 1. The summed E-state index contributed by atoms with van der Waals surface area (Å²) in [6, 6.07) is 5.97. The molecule has 0 saturated carbocycles. The zero-order valence-corrected chi connectivity index (χ0v) is 14.3. The average Bonchev–Trinajstić information content (AvgIpc) is 2.98. The average molecular weight is 369 g/mol. The van der Waals surface area contributed by atoms with Crippen molar-refractivity contribution in [2.75, 3.05) is 11.9 Å². The maximum Gasteiger partial charge on any atom is 0.264 e. The Balaban J connectivity index is 1.92. The smallest absolute Gasteiger partial charge is 0.264 e. The van der Waals surface area contributed by atoms with E-state index in [2.05, 4.69) is 40.1 Å². The quantitative estimate of drug-likeness (QED) is 0.819. The van der Waals surface area contributed by atoms with E-state index >= 15 is 0 Å². The Kier molecular flexibility index (Phi) is 5.76. The predicted octanol–water partition coefficient (Wildman–Crippen LogP) is 4.44. The molecule has 0 fully saturated rings. The molecule has 0 spiro atoms. The largest absolute Gasteiger partial charge is 0.483 e. The second kappa shape index (κ2) is 7.56. The molecular formula is C15H17BrN2O2S. The molecule has 0 aliphatic heterocycles. The lowest BCUT2D eigenvalue weighted by Gasteiger charge is -2.12. The van der Waals surface area contributed by atoms with Crippen LogP contribution >= 0.6 is 27.3 Å². The third-order valence-corrected chi connectivity index (χ3v) is 4.48. The van der Waals surface area contributed by atoms with Crippen molar-refractivity contribution in [3.63, 3.8) is 0 Å². The molecule has 1 atom stereocenters. The van der Waals surface area contributed by atoms with Crippen LogP contribution in [-0.2, 0) is 4.79 Å². The summed E-state index contributed by atoms with van der Waals surface area (Å²) in [5, 5.41) is 5.06. The number of carbonyl (C=O) groups excluding carboxylic acids is 1. The molecule has 21 heavy (non-hydrogen) atoms. The number of amides is 1. The number of carbonyl (C=O) groups is 1. The summed E-state index contributed by atoms with van der Waals surface area (Å²) in [6.07, 6.45) is 2.73. The molecule has 112 valence electrons. The van der Waals surface area contributed by atoms with Gasteiger partial charge in [0, 0.05) is 11.6 Å². The summed E-state index contributed by atoms with van der Waals surface area (Å²) in [4.78, 5) is 15.7. The summed E-state index contributed by atoms with van der Waals surface area (Å²) in [6.45, 7) is 4.30. The van der Waals surface area contributed by atoms with E-state index in [-0.39, 0.29) is 12.5 Å². The molecule has 0 saturated heterocycles. The van der Waals surface area contributed by atoms with Gasteiger partial charge in [0.15, 0.2) is 11.7 Å². The molecule has 4 nitrogen and oxygen atoms in total. The standard InChI is InChI=1S/C15H17BrN2O2S/c1-3-10(2)11-4-5-13(12(16)8-11)20-9-14(19)18-15-17-6-7-21-15/h4-8,10H,3,9H2,1-2H3,(H,17,18,19). The normalized spacial score (nSPS) is 12.0. The van der Waals surface area contributed by atoms with E-state index in [9.17, 15) is 4.79 Å². The van der Waals surface area contributed by atoms with Crippen LogP contribution in [0.2, 0.25) is 0 Å². The number of rotatable bonds is 6. The number of benzene rings is 1. The lowest BCUT2D eigenvalue weighted by atomic mass is 9.99. The van der Waals surface area contributed by atoms with E-state index in [1.54, 1.807) is 11.6 Å². The van der Waals surface area contributed by atoms with Gasteiger partial charge in [0.2, 0.25) is 0 Å². The highest BCUT2D eigenvalue weighted by molar-refractivity contribution is 9.10. The lowest BCUT2D eigenvalue weighted by molar-refractivity contribution is -0.118. The van der Waals surface area contributed by atoms with Gasteiger partial charge in [0.05, 0.1) is 4.47 Å². The Morgan fingerprint density at radius 3 is 2.95 bits per heavy atom. The second-order valence-corrected chi connectivity index (χ2v) is 6.42. The van der Waals surface area contributed by atoms with Gasteiger partial charge in [-0.3, -0.25) is 10.1 Å². The number of aromatic nitrogens is 1. The van der Waals surface area contributed by atoms with Crippen LogP contribution in [0.25, 0.3) is 0 Å². The molecule has 1 aromatic heterocycles. The Hall–Kier alpha value is -1.40. The Labute approximate surface area is 136 Å². The zero-order valence-electron chi connectivity index (χ0n) is 11.9. The number of ether oxygens (including phenoxy) is 1. The van der Waals surface area contributed by atoms with Crippen molar-refractivity contribution in [2.24, 2.45) is 0 Å². The highest BCUT2D eigenvalue weighted by atomic mass is 79.9. The van der Waals surface area contributed by atoms with Gasteiger partial charge in [-0.15, -0.1) is 11.3 Å². The van der Waals surface area contributed by atoms with Gasteiger partial charge in [0.25, 0.3) is 5.91 Å². The fourth-order valence-electron chi connectivity index (χ4n) is 1.76. The topological polar surface area (TPSA) is 51.2 Å². The summed E-state index contributed by atoms with van der Waals surface area (Å²) < 4.78 is 6.40.